The molecule has 4 heteroatoms. The van der Waals surface area contributed by atoms with E-state index >= 15 is 0 Å². The number of hydrogen-bond donors (Lipinski definition) is 0. The second-order valence-corrected chi connectivity index (χ2v) is 4.73. The summed E-state index contributed by atoms with van der Waals surface area (Å²) in [5.74, 6) is 1.35. The zero-order valence-electron chi connectivity index (χ0n) is 10.4. The van der Waals surface area contributed by atoms with Crippen LogP contribution in [0, 0.1) is 0 Å². The van der Waals surface area contributed by atoms with Crippen molar-refractivity contribution < 1.29 is 8.98 Å². The molecule has 0 N–H and O–H groups in total. The Morgan fingerprint density at radius 2 is 1.68 bits per heavy atom. The largest absolute Gasteiger partial charge is 0.436 e. The molecule has 0 atom stereocenters. The minimum Gasteiger partial charge on any atom is -0.436 e. The highest BCUT2D eigenvalue weighted by Crippen LogP contribution is 2.26. The summed E-state index contributed by atoms with van der Waals surface area (Å²) in [6.07, 6.45) is 5.65. The molecule has 3 aromatic rings. The van der Waals surface area contributed by atoms with Gasteiger partial charge >= 0.3 is 0 Å². The zero-order chi connectivity index (χ0) is 13.2. The molecule has 0 spiro atoms. The van der Waals surface area contributed by atoms with E-state index in [1.54, 1.807) is 6.20 Å². The first kappa shape index (κ1) is 11.9. The van der Waals surface area contributed by atoms with Gasteiger partial charge in [0.05, 0.1) is 6.20 Å². The van der Waals surface area contributed by atoms with E-state index in [1.807, 2.05) is 60.4 Å². The summed E-state index contributed by atoms with van der Waals surface area (Å²) in [6, 6.07) is 11.4. The van der Waals surface area contributed by atoms with Crippen LogP contribution in [0.4, 0.5) is 0 Å². The minimum atomic E-state index is 0.616. The second-order valence-electron chi connectivity index (χ2n) is 4.29. The maximum absolute atomic E-state index is 5.87. The Morgan fingerprint density at radius 1 is 1.00 bits per heavy atom. The lowest BCUT2D eigenvalue weighted by molar-refractivity contribution is -0.671. The third-order valence-corrected chi connectivity index (χ3v) is 3.11. The molecule has 0 aliphatic carbocycles. The fraction of sp³-hybridized carbons (Fsp3) is 0.0667. The van der Waals surface area contributed by atoms with Crippen LogP contribution >= 0.6 is 11.6 Å². The first-order valence-corrected chi connectivity index (χ1v) is 6.27. The van der Waals surface area contributed by atoms with Crippen LogP contribution in [-0.2, 0) is 7.05 Å². The highest BCUT2D eigenvalue weighted by Gasteiger charge is 2.09. The van der Waals surface area contributed by atoms with Gasteiger partial charge in [-0.1, -0.05) is 11.6 Å². The third kappa shape index (κ3) is 2.51. The molecule has 2 heterocycles. The predicted molar refractivity (Wildman–Crippen MR) is 73.6 cm³/mol. The molecule has 0 unspecified atom stereocenters. The van der Waals surface area contributed by atoms with Crippen molar-refractivity contribution in [1.29, 1.82) is 0 Å². The molecule has 0 aliphatic rings. The van der Waals surface area contributed by atoms with Crippen molar-refractivity contribution in [3.63, 3.8) is 0 Å². The summed E-state index contributed by atoms with van der Waals surface area (Å²) in [5, 5.41) is 0.707. The average Bonchev–Trinajstić information content (AvgIpc) is 2.90. The van der Waals surface area contributed by atoms with Crippen LogP contribution in [0.2, 0.25) is 5.02 Å². The van der Waals surface area contributed by atoms with E-state index in [9.17, 15) is 0 Å². The van der Waals surface area contributed by atoms with Gasteiger partial charge in [0.25, 0.3) is 0 Å². The predicted octanol–water partition coefficient (Wildman–Crippen LogP) is 3.49. The highest BCUT2D eigenvalue weighted by molar-refractivity contribution is 6.30. The van der Waals surface area contributed by atoms with Gasteiger partial charge in [-0.2, -0.15) is 0 Å². The Balaban J connectivity index is 1.95. The lowest BCUT2D eigenvalue weighted by Gasteiger charge is -1.96. The fourth-order valence-corrected chi connectivity index (χ4v) is 1.92. The van der Waals surface area contributed by atoms with E-state index in [1.165, 1.54) is 0 Å². The van der Waals surface area contributed by atoms with Crippen molar-refractivity contribution in [2.24, 2.45) is 7.05 Å². The lowest BCUT2D eigenvalue weighted by Crippen LogP contribution is -2.25. The number of hydrogen-bond acceptors (Lipinski definition) is 2. The molecular weight excluding hydrogens is 260 g/mol. The minimum absolute atomic E-state index is 0.616. The summed E-state index contributed by atoms with van der Waals surface area (Å²) in [7, 11) is 1.97. The fourth-order valence-electron chi connectivity index (χ4n) is 1.80. The van der Waals surface area contributed by atoms with Gasteiger partial charge in [-0.25, -0.2) is 9.55 Å². The quantitative estimate of drug-likeness (QED) is 0.668. The Morgan fingerprint density at radius 3 is 2.37 bits per heavy atom. The average molecular weight is 272 g/mol. The number of rotatable bonds is 2. The molecule has 0 saturated carbocycles. The molecule has 0 amide bonds. The number of oxazole rings is 1. The topological polar surface area (TPSA) is 29.9 Å². The van der Waals surface area contributed by atoms with Crippen molar-refractivity contribution in [1.82, 2.24) is 4.98 Å². The van der Waals surface area contributed by atoms with Crippen LogP contribution < -0.4 is 4.57 Å². The van der Waals surface area contributed by atoms with Crippen LogP contribution in [0.5, 0.6) is 0 Å². The molecule has 0 radical (unpaired) electrons. The monoisotopic (exact) mass is 271 g/mol. The van der Waals surface area contributed by atoms with Crippen LogP contribution in [0.3, 0.4) is 0 Å². The van der Waals surface area contributed by atoms with Crippen molar-refractivity contribution >= 4 is 11.6 Å². The van der Waals surface area contributed by atoms with Gasteiger partial charge in [0.15, 0.2) is 18.2 Å². The van der Waals surface area contributed by atoms with E-state index in [4.69, 9.17) is 16.0 Å². The molecule has 19 heavy (non-hydrogen) atoms. The summed E-state index contributed by atoms with van der Waals surface area (Å²) in [4.78, 5) is 4.31. The van der Waals surface area contributed by atoms with Crippen LogP contribution in [-0.4, -0.2) is 4.98 Å². The molecular formula is C15H12ClN2O+. The van der Waals surface area contributed by atoms with E-state index < -0.39 is 0 Å². The van der Waals surface area contributed by atoms with Gasteiger partial charge in [-0.3, -0.25) is 0 Å². The number of aryl methyl sites for hydroxylation is 1. The molecule has 0 bridgehead atoms. The number of benzene rings is 1. The van der Waals surface area contributed by atoms with Gasteiger partial charge in [-0.15, -0.1) is 0 Å². The first-order valence-electron chi connectivity index (χ1n) is 5.90. The normalized spacial score (nSPS) is 10.6. The van der Waals surface area contributed by atoms with Gasteiger partial charge in [0.1, 0.15) is 7.05 Å². The number of halogens is 1. The van der Waals surface area contributed by atoms with E-state index in [0.717, 1.165) is 16.9 Å². The first-order chi connectivity index (χ1) is 9.22. The smallest absolute Gasteiger partial charge is 0.227 e. The van der Waals surface area contributed by atoms with Gasteiger partial charge in [0, 0.05) is 28.3 Å². The van der Waals surface area contributed by atoms with Gasteiger partial charge in [-0.05, 0) is 24.3 Å². The number of aromatic nitrogens is 2. The van der Waals surface area contributed by atoms with E-state index in [0.29, 0.717) is 10.9 Å². The Hall–Kier alpha value is -2.13. The SMILES string of the molecule is C[n+]1ccc(-c2ncc(-c3ccc(Cl)cc3)o2)cc1. The second kappa shape index (κ2) is 4.86. The summed E-state index contributed by atoms with van der Waals surface area (Å²) in [5.41, 5.74) is 1.92. The van der Waals surface area contributed by atoms with Crippen LogP contribution in [0.1, 0.15) is 0 Å². The van der Waals surface area contributed by atoms with Crippen molar-refractivity contribution in [3.8, 4) is 22.8 Å². The molecule has 1 aromatic carbocycles. The maximum atomic E-state index is 5.87. The molecule has 0 aliphatic heterocycles. The lowest BCUT2D eigenvalue weighted by atomic mass is 10.2. The molecule has 0 saturated heterocycles. The van der Waals surface area contributed by atoms with E-state index in [2.05, 4.69) is 4.98 Å². The molecule has 0 fully saturated rings. The van der Waals surface area contributed by atoms with Crippen molar-refractivity contribution in [2.75, 3.05) is 0 Å². The summed E-state index contributed by atoms with van der Waals surface area (Å²) < 4.78 is 7.74. The van der Waals surface area contributed by atoms with Crippen LogP contribution in [0.15, 0.2) is 59.4 Å². The van der Waals surface area contributed by atoms with Gasteiger partial charge in [0.2, 0.25) is 5.89 Å². The van der Waals surface area contributed by atoms with Gasteiger partial charge < -0.3 is 4.42 Å². The summed E-state index contributed by atoms with van der Waals surface area (Å²) >= 11 is 5.87. The molecule has 3 rings (SSSR count). The maximum Gasteiger partial charge on any atom is 0.227 e. The Bertz CT molecular complexity index is 627. The Labute approximate surface area is 116 Å². The zero-order valence-corrected chi connectivity index (χ0v) is 11.1. The Kier molecular flexibility index (Phi) is 3.05. The molecule has 3 nitrogen and oxygen atoms in total. The van der Waals surface area contributed by atoms with Crippen LogP contribution in [0.25, 0.3) is 22.8 Å². The van der Waals surface area contributed by atoms with Crippen molar-refractivity contribution in [3.05, 3.63) is 60.0 Å². The highest BCUT2D eigenvalue weighted by atomic mass is 35.5. The summed E-state index contributed by atoms with van der Waals surface area (Å²) in [6.45, 7) is 0. The van der Waals surface area contributed by atoms with E-state index in [-0.39, 0.29) is 0 Å². The number of pyridine rings is 1. The standard InChI is InChI=1S/C15H12ClN2O/c1-18-8-6-12(7-9-18)15-17-10-14(19-15)11-2-4-13(16)5-3-11/h2-10H,1H3/q+1. The molecule has 94 valence electrons. The number of nitrogens with zero attached hydrogens (tertiary/aromatic N) is 2. The molecule has 2 aromatic heterocycles. The third-order valence-electron chi connectivity index (χ3n) is 2.86. The van der Waals surface area contributed by atoms with Crippen molar-refractivity contribution in [2.45, 2.75) is 0 Å².